The maximum atomic E-state index is 12.1. The van der Waals surface area contributed by atoms with Gasteiger partial charge in [0.15, 0.2) is 0 Å². The molecule has 0 aliphatic carbocycles. The number of carbonyl (C=O) groups excluding carboxylic acids is 1. The van der Waals surface area contributed by atoms with Crippen molar-refractivity contribution in [2.24, 2.45) is 5.92 Å². The van der Waals surface area contributed by atoms with E-state index in [2.05, 4.69) is 56.1 Å². The third kappa shape index (κ3) is 4.38. The first-order valence-electron chi connectivity index (χ1n) is 7.81. The van der Waals surface area contributed by atoms with Crippen LogP contribution in [0.4, 0.5) is 10.5 Å². The van der Waals surface area contributed by atoms with E-state index in [0.717, 1.165) is 32.7 Å². The van der Waals surface area contributed by atoms with Gasteiger partial charge in [0.25, 0.3) is 0 Å². The topological polar surface area (TPSA) is 35.6 Å². The van der Waals surface area contributed by atoms with E-state index in [-0.39, 0.29) is 6.03 Å². The Labute approximate surface area is 128 Å². The van der Waals surface area contributed by atoms with E-state index >= 15 is 0 Å². The number of rotatable bonds is 3. The quantitative estimate of drug-likeness (QED) is 0.928. The number of nitrogens with zero attached hydrogens (tertiary/aromatic N) is 2. The third-order valence-corrected chi connectivity index (χ3v) is 3.80. The number of piperazine rings is 1. The summed E-state index contributed by atoms with van der Waals surface area (Å²) in [5.74, 6) is 0.491. The van der Waals surface area contributed by atoms with Gasteiger partial charge in [-0.2, -0.15) is 0 Å². The minimum absolute atomic E-state index is 0.0729. The smallest absolute Gasteiger partial charge is 0.317 e. The zero-order valence-corrected chi connectivity index (χ0v) is 13.6. The van der Waals surface area contributed by atoms with Crippen molar-refractivity contribution in [3.05, 3.63) is 29.3 Å². The van der Waals surface area contributed by atoms with E-state index in [4.69, 9.17) is 0 Å². The Hall–Kier alpha value is -1.71. The van der Waals surface area contributed by atoms with Crippen LogP contribution in [0.3, 0.4) is 0 Å². The lowest BCUT2D eigenvalue weighted by Crippen LogP contribution is -2.52. The summed E-state index contributed by atoms with van der Waals surface area (Å²) < 4.78 is 0. The second kappa shape index (κ2) is 6.83. The van der Waals surface area contributed by atoms with E-state index in [1.165, 1.54) is 16.8 Å². The van der Waals surface area contributed by atoms with Crippen molar-refractivity contribution in [3.63, 3.8) is 0 Å². The Morgan fingerprint density at radius 2 is 1.67 bits per heavy atom. The number of nitrogens with one attached hydrogen (secondary N) is 1. The first-order chi connectivity index (χ1) is 9.95. The molecule has 1 aliphatic rings. The van der Waals surface area contributed by atoms with E-state index in [1.54, 1.807) is 0 Å². The molecule has 0 aromatic heterocycles. The van der Waals surface area contributed by atoms with Crippen LogP contribution in [0.25, 0.3) is 0 Å². The molecule has 1 aliphatic heterocycles. The molecule has 0 radical (unpaired) electrons. The molecular weight excluding hydrogens is 262 g/mol. The molecule has 1 aromatic rings. The van der Waals surface area contributed by atoms with E-state index in [9.17, 15) is 4.79 Å². The summed E-state index contributed by atoms with van der Waals surface area (Å²) in [7, 11) is 0. The highest BCUT2D eigenvalue weighted by Gasteiger charge is 2.21. The summed E-state index contributed by atoms with van der Waals surface area (Å²) in [6.07, 6.45) is 0. The summed E-state index contributed by atoms with van der Waals surface area (Å²) in [6, 6.07) is 6.71. The Kier molecular flexibility index (Phi) is 5.10. The number of amides is 2. The molecule has 2 amide bonds. The molecule has 2 rings (SSSR count). The fraction of sp³-hybridized carbons (Fsp3) is 0.588. The predicted octanol–water partition coefficient (Wildman–Crippen LogP) is 2.79. The molecule has 0 spiro atoms. The fourth-order valence-electron chi connectivity index (χ4n) is 2.70. The Bertz CT molecular complexity index is 471. The van der Waals surface area contributed by atoms with Gasteiger partial charge in [-0.3, -0.25) is 0 Å². The molecule has 1 aromatic carbocycles. The van der Waals surface area contributed by atoms with Crippen LogP contribution in [0.1, 0.15) is 25.0 Å². The first-order valence-corrected chi connectivity index (χ1v) is 7.81. The molecule has 1 fully saturated rings. The van der Waals surface area contributed by atoms with Gasteiger partial charge in [-0.1, -0.05) is 19.9 Å². The second-order valence-electron chi connectivity index (χ2n) is 6.40. The normalized spacial score (nSPS) is 15.5. The van der Waals surface area contributed by atoms with E-state index in [1.807, 2.05) is 4.90 Å². The average Bonchev–Trinajstić information content (AvgIpc) is 2.44. The van der Waals surface area contributed by atoms with Gasteiger partial charge in [-0.25, -0.2) is 4.79 Å². The SMILES string of the molecule is Cc1cc(C)cc(N2CCN(C(=O)NCC(C)C)CC2)c1. The van der Waals surface area contributed by atoms with Crippen LogP contribution in [0.2, 0.25) is 0 Å². The molecule has 116 valence electrons. The Morgan fingerprint density at radius 3 is 2.19 bits per heavy atom. The van der Waals surface area contributed by atoms with Crippen molar-refractivity contribution in [1.82, 2.24) is 10.2 Å². The van der Waals surface area contributed by atoms with Gasteiger partial charge in [-0.05, 0) is 43.0 Å². The number of urea groups is 1. The highest BCUT2D eigenvalue weighted by molar-refractivity contribution is 5.74. The molecule has 4 heteroatoms. The van der Waals surface area contributed by atoms with Gasteiger partial charge >= 0.3 is 6.03 Å². The average molecular weight is 289 g/mol. The van der Waals surface area contributed by atoms with E-state index < -0.39 is 0 Å². The van der Waals surface area contributed by atoms with Crippen LogP contribution < -0.4 is 10.2 Å². The number of aryl methyl sites for hydroxylation is 2. The van der Waals surface area contributed by atoms with Crippen LogP contribution in [0, 0.1) is 19.8 Å². The van der Waals surface area contributed by atoms with Crippen LogP contribution in [-0.4, -0.2) is 43.7 Å². The lowest BCUT2D eigenvalue weighted by Gasteiger charge is -2.36. The van der Waals surface area contributed by atoms with Crippen molar-refractivity contribution < 1.29 is 4.79 Å². The van der Waals surface area contributed by atoms with Crippen molar-refractivity contribution in [2.75, 3.05) is 37.6 Å². The van der Waals surface area contributed by atoms with Gasteiger partial charge in [-0.15, -0.1) is 0 Å². The number of hydrogen-bond acceptors (Lipinski definition) is 2. The Morgan fingerprint density at radius 1 is 1.10 bits per heavy atom. The summed E-state index contributed by atoms with van der Waals surface area (Å²) in [5.41, 5.74) is 3.86. The lowest BCUT2D eigenvalue weighted by atomic mass is 10.1. The first kappa shape index (κ1) is 15.7. The predicted molar refractivity (Wildman–Crippen MR) is 87.9 cm³/mol. The summed E-state index contributed by atoms with van der Waals surface area (Å²) in [5, 5.41) is 2.99. The number of hydrogen-bond donors (Lipinski definition) is 1. The highest BCUT2D eigenvalue weighted by atomic mass is 16.2. The highest BCUT2D eigenvalue weighted by Crippen LogP contribution is 2.20. The molecular formula is C17H27N3O. The molecule has 0 atom stereocenters. The van der Waals surface area contributed by atoms with Crippen molar-refractivity contribution in [1.29, 1.82) is 0 Å². The van der Waals surface area contributed by atoms with Crippen LogP contribution in [0.5, 0.6) is 0 Å². The molecule has 4 nitrogen and oxygen atoms in total. The lowest BCUT2D eigenvalue weighted by molar-refractivity contribution is 0.193. The largest absolute Gasteiger partial charge is 0.368 e. The number of benzene rings is 1. The maximum absolute atomic E-state index is 12.1. The molecule has 0 bridgehead atoms. The number of anilines is 1. The van der Waals surface area contributed by atoms with Crippen LogP contribution >= 0.6 is 0 Å². The zero-order valence-electron chi connectivity index (χ0n) is 13.6. The van der Waals surface area contributed by atoms with Crippen LogP contribution in [0.15, 0.2) is 18.2 Å². The summed E-state index contributed by atoms with van der Waals surface area (Å²) in [4.78, 5) is 16.3. The molecule has 1 N–H and O–H groups in total. The van der Waals surface area contributed by atoms with E-state index in [0.29, 0.717) is 5.92 Å². The molecule has 0 unspecified atom stereocenters. The fourth-order valence-corrected chi connectivity index (χ4v) is 2.70. The molecule has 21 heavy (non-hydrogen) atoms. The van der Waals surface area contributed by atoms with Gasteiger partial charge in [0.1, 0.15) is 0 Å². The second-order valence-corrected chi connectivity index (χ2v) is 6.40. The van der Waals surface area contributed by atoms with Gasteiger partial charge < -0.3 is 15.1 Å². The summed E-state index contributed by atoms with van der Waals surface area (Å²) >= 11 is 0. The van der Waals surface area contributed by atoms with Gasteiger partial charge in [0, 0.05) is 38.4 Å². The standard InChI is InChI=1S/C17H27N3O/c1-13(2)12-18-17(21)20-7-5-19(6-8-20)16-10-14(3)9-15(4)11-16/h9-11,13H,5-8,12H2,1-4H3,(H,18,21). The minimum atomic E-state index is 0.0729. The van der Waals surface area contributed by atoms with Crippen molar-refractivity contribution in [3.8, 4) is 0 Å². The van der Waals surface area contributed by atoms with Crippen molar-refractivity contribution >= 4 is 11.7 Å². The molecule has 1 heterocycles. The molecule has 1 saturated heterocycles. The summed E-state index contributed by atoms with van der Waals surface area (Å²) in [6.45, 7) is 12.6. The maximum Gasteiger partial charge on any atom is 0.317 e. The minimum Gasteiger partial charge on any atom is -0.368 e. The van der Waals surface area contributed by atoms with Gasteiger partial charge in [0.2, 0.25) is 0 Å². The van der Waals surface area contributed by atoms with Crippen LogP contribution in [-0.2, 0) is 0 Å². The third-order valence-electron chi connectivity index (χ3n) is 3.80. The zero-order chi connectivity index (χ0) is 15.4. The van der Waals surface area contributed by atoms with Crippen molar-refractivity contribution in [2.45, 2.75) is 27.7 Å². The number of carbonyl (C=O) groups is 1. The Balaban J connectivity index is 1.89. The van der Waals surface area contributed by atoms with Gasteiger partial charge in [0.05, 0.1) is 0 Å². The monoisotopic (exact) mass is 289 g/mol. The molecule has 0 saturated carbocycles.